The third-order valence-corrected chi connectivity index (χ3v) is 3.38. The quantitative estimate of drug-likeness (QED) is 0.848. The first-order valence-electron chi connectivity index (χ1n) is 7.21. The number of methoxy groups -OCH3 is 1. The van der Waals surface area contributed by atoms with Crippen LogP contribution in [0.15, 0.2) is 54.6 Å². The van der Waals surface area contributed by atoms with Gasteiger partial charge in [0.25, 0.3) is 0 Å². The second-order valence-electron chi connectivity index (χ2n) is 4.93. The van der Waals surface area contributed by atoms with E-state index in [9.17, 15) is 4.79 Å². The number of amides is 1. The predicted molar refractivity (Wildman–Crippen MR) is 84.5 cm³/mol. The Kier molecular flexibility index (Phi) is 5.83. The van der Waals surface area contributed by atoms with Gasteiger partial charge in [-0.2, -0.15) is 0 Å². The van der Waals surface area contributed by atoms with E-state index in [1.807, 2.05) is 42.5 Å². The summed E-state index contributed by atoms with van der Waals surface area (Å²) in [5.74, 6) is 0.938. The summed E-state index contributed by atoms with van der Waals surface area (Å²) in [6, 6.07) is 18.0. The highest BCUT2D eigenvalue weighted by molar-refractivity contribution is 5.76. The lowest BCUT2D eigenvalue weighted by molar-refractivity contribution is -0.121. The zero-order valence-corrected chi connectivity index (χ0v) is 12.3. The molecular weight excluding hydrogens is 262 g/mol. The summed E-state index contributed by atoms with van der Waals surface area (Å²) in [6.07, 6.45) is 2.14. The van der Waals surface area contributed by atoms with Crippen molar-refractivity contribution in [3.63, 3.8) is 0 Å². The minimum atomic E-state index is 0.0988. The maximum Gasteiger partial charge on any atom is 0.220 e. The molecule has 0 unspecified atom stereocenters. The van der Waals surface area contributed by atoms with Gasteiger partial charge in [0.15, 0.2) is 0 Å². The topological polar surface area (TPSA) is 38.3 Å². The van der Waals surface area contributed by atoms with Gasteiger partial charge in [-0.15, -0.1) is 0 Å². The molecule has 0 saturated heterocycles. The number of benzene rings is 2. The number of hydrogen-bond donors (Lipinski definition) is 1. The first-order chi connectivity index (χ1) is 10.3. The van der Waals surface area contributed by atoms with Crippen molar-refractivity contribution in [1.29, 1.82) is 0 Å². The lowest BCUT2D eigenvalue weighted by Gasteiger charge is -2.06. The molecule has 1 N–H and O–H groups in total. The van der Waals surface area contributed by atoms with Crippen LogP contribution in [0.4, 0.5) is 0 Å². The summed E-state index contributed by atoms with van der Waals surface area (Å²) in [7, 11) is 1.65. The van der Waals surface area contributed by atoms with Gasteiger partial charge in [0.1, 0.15) is 5.75 Å². The van der Waals surface area contributed by atoms with E-state index in [1.165, 1.54) is 5.56 Å². The summed E-state index contributed by atoms with van der Waals surface area (Å²) >= 11 is 0. The van der Waals surface area contributed by atoms with Crippen LogP contribution in [-0.4, -0.2) is 19.6 Å². The second-order valence-corrected chi connectivity index (χ2v) is 4.93. The molecule has 0 aliphatic carbocycles. The molecule has 2 aromatic rings. The number of rotatable bonds is 7. The Balaban J connectivity index is 1.67. The van der Waals surface area contributed by atoms with Crippen LogP contribution in [-0.2, 0) is 17.6 Å². The van der Waals surface area contributed by atoms with E-state index in [2.05, 4.69) is 17.4 Å². The van der Waals surface area contributed by atoms with Crippen molar-refractivity contribution in [3.8, 4) is 5.75 Å². The van der Waals surface area contributed by atoms with Crippen LogP contribution in [0.1, 0.15) is 17.5 Å². The largest absolute Gasteiger partial charge is 0.497 e. The first kappa shape index (κ1) is 15.1. The fourth-order valence-corrected chi connectivity index (χ4v) is 2.13. The van der Waals surface area contributed by atoms with Crippen LogP contribution in [0, 0.1) is 0 Å². The van der Waals surface area contributed by atoms with Crippen LogP contribution in [0.5, 0.6) is 5.75 Å². The second kappa shape index (κ2) is 8.10. The van der Waals surface area contributed by atoms with Gasteiger partial charge in [0.05, 0.1) is 7.11 Å². The molecule has 0 bridgehead atoms. The summed E-state index contributed by atoms with van der Waals surface area (Å²) in [5.41, 5.74) is 2.39. The molecule has 21 heavy (non-hydrogen) atoms. The van der Waals surface area contributed by atoms with Gasteiger partial charge < -0.3 is 10.1 Å². The van der Waals surface area contributed by atoms with E-state index in [1.54, 1.807) is 7.11 Å². The number of hydrogen-bond acceptors (Lipinski definition) is 2. The van der Waals surface area contributed by atoms with E-state index >= 15 is 0 Å². The van der Waals surface area contributed by atoms with E-state index in [0.29, 0.717) is 13.0 Å². The van der Waals surface area contributed by atoms with E-state index < -0.39 is 0 Å². The van der Waals surface area contributed by atoms with Crippen LogP contribution in [0.3, 0.4) is 0 Å². The Morgan fingerprint density at radius 3 is 2.29 bits per heavy atom. The van der Waals surface area contributed by atoms with E-state index in [4.69, 9.17) is 4.74 Å². The van der Waals surface area contributed by atoms with Gasteiger partial charge in [-0.3, -0.25) is 4.79 Å². The monoisotopic (exact) mass is 283 g/mol. The molecule has 3 nitrogen and oxygen atoms in total. The van der Waals surface area contributed by atoms with Crippen molar-refractivity contribution in [2.75, 3.05) is 13.7 Å². The summed E-state index contributed by atoms with van der Waals surface area (Å²) in [6.45, 7) is 0.686. The zero-order valence-electron chi connectivity index (χ0n) is 12.3. The predicted octanol–water partition coefficient (Wildman–Crippen LogP) is 2.99. The molecule has 0 fully saturated rings. The van der Waals surface area contributed by atoms with Crippen molar-refractivity contribution >= 4 is 5.91 Å². The van der Waals surface area contributed by atoms with Crippen molar-refractivity contribution in [2.45, 2.75) is 19.3 Å². The van der Waals surface area contributed by atoms with Gasteiger partial charge in [-0.25, -0.2) is 0 Å². The third kappa shape index (κ3) is 5.30. The van der Waals surface area contributed by atoms with E-state index in [0.717, 1.165) is 24.2 Å². The molecule has 0 aliphatic rings. The smallest absolute Gasteiger partial charge is 0.220 e. The Bertz CT molecular complexity index is 549. The molecule has 0 aromatic heterocycles. The zero-order chi connectivity index (χ0) is 14.9. The first-order valence-corrected chi connectivity index (χ1v) is 7.21. The van der Waals surface area contributed by atoms with Gasteiger partial charge in [-0.1, -0.05) is 42.5 Å². The minimum Gasteiger partial charge on any atom is -0.497 e. The highest BCUT2D eigenvalue weighted by Crippen LogP contribution is 2.12. The fourth-order valence-electron chi connectivity index (χ4n) is 2.13. The average molecular weight is 283 g/mol. The van der Waals surface area contributed by atoms with Gasteiger partial charge in [0.2, 0.25) is 5.91 Å². The molecule has 2 aromatic carbocycles. The molecule has 0 spiro atoms. The molecule has 0 atom stereocenters. The number of carbonyl (C=O) groups is 1. The van der Waals surface area contributed by atoms with Gasteiger partial charge >= 0.3 is 0 Å². The van der Waals surface area contributed by atoms with Crippen molar-refractivity contribution in [2.24, 2.45) is 0 Å². The summed E-state index contributed by atoms with van der Waals surface area (Å²) in [4.78, 5) is 11.8. The molecule has 1 amide bonds. The fraction of sp³-hybridized carbons (Fsp3) is 0.278. The molecule has 3 heteroatoms. The Labute approximate surface area is 126 Å². The van der Waals surface area contributed by atoms with Crippen molar-refractivity contribution in [1.82, 2.24) is 5.32 Å². The lowest BCUT2D eigenvalue weighted by atomic mass is 10.1. The Morgan fingerprint density at radius 2 is 1.62 bits per heavy atom. The highest BCUT2D eigenvalue weighted by atomic mass is 16.5. The van der Waals surface area contributed by atoms with E-state index in [-0.39, 0.29) is 5.91 Å². The molecule has 0 radical (unpaired) electrons. The third-order valence-electron chi connectivity index (χ3n) is 3.38. The standard InChI is InChI=1S/C18H21NO2/c1-21-17-10-7-16(8-11-17)9-12-18(20)19-14-13-15-5-3-2-4-6-15/h2-8,10-11H,9,12-14H2,1H3,(H,19,20). The SMILES string of the molecule is COc1ccc(CCC(=O)NCCc2ccccc2)cc1. The Morgan fingerprint density at radius 1 is 0.952 bits per heavy atom. The summed E-state index contributed by atoms with van der Waals surface area (Å²) in [5, 5.41) is 2.96. The molecule has 0 aliphatic heterocycles. The summed E-state index contributed by atoms with van der Waals surface area (Å²) < 4.78 is 5.11. The maximum absolute atomic E-state index is 11.8. The maximum atomic E-state index is 11.8. The number of aryl methyl sites for hydroxylation is 1. The van der Waals surface area contributed by atoms with Gasteiger partial charge in [0, 0.05) is 13.0 Å². The Hall–Kier alpha value is -2.29. The van der Waals surface area contributed by atoms with Crippen LogP contribution >= 0.6 is 0 Å². The van der Waals surface area contributed by atoms with Crippen molar-refractivity contribution < 1.29 is 9.53 Å². The molecule has 0 heterocycles. The normalized spacial score (nSPS) is 10.1. The molecular formula is C18H21NO2. The molecule has 2 rings (SSSR count). The molecule has 110 valence electrons. The lowest BCUT2D eigenvalue weighted by Crippen LogP contribution is -2.25. The van der Waals surface area contributed by atoms with Gasteiger partial charge in [-0.05, 0) is 36.1 Å². The van der Waals surface area contributed by atoms with Crippen LogP contribution < -0.4 is 10.1 Å². The number of ether oxygens (including phenoxy) is 1. The van der Waals surface area contributed by atoms with Crippen LogP contribution in [0.25, 0.3) is 0 Å². The average Bonchev–Trinajstić information content (AvgIpc) is 2.54. The van der Waals surface area contributed by atoms with Crippen LogP contribution in [0.2, 0.25) is 0 Å². The highest BCUT2D eigenvalue weighted by Gasteiger charge is 2.02. The van der Waals surface area contributed by atoms with Crippen molar-refractivity contribution in [3.05, 3.63) is 65.7 Å². The molecule has 0 saturated carbocycles. The minimum absolute atomic E-state index is 0.0988. The number of nitrogens with one attached hydrogen (secondary N) is 1. The number of carbonyl (C=O) groups excluding carboxylic acids is 1.